The number of sulfone groups is 1. The molecule has 0 amide bonds. The molecule has 6 nitrogen and oxygen atoms in total. The van der Waals surface area contributed by atoms with Crippen LogP contribution in [0.4, 0.5) is 4.39 Å². The Morgan fingerprint density at radius 3 is 2.70 bits per heavy atom. The van der Waals surface area contributed by atoms with Crippen molar-refractivity contribution < 1.29 is 17.5 Å². The van der Waals surface area contributed by atoms with E-state index in [4.69, 9.17) is 10.6 Å². The topological polar surface area (TPSA) is 77.6 Å². The van der Waals surface area contributed by atoms with Gasteiger partial charge in [-0.15, -0.1) is 6.58 Å². The first kappa shape index (κ1) is 16.0. The van der Waals surface area contributed by atoms with Crippen LogP contribution in [0.15, 0.2) is 41.9 Å². The minimum atomic E-state index is -3.79. The fraction of sp³-hybridized carbons (Fsp3) is 0.333. The van der Waals surface area contributed by atoms with Crippen molar-refractivity contribution in [2.75, 3.05) is 32.1 Å². The van der Waals surface area contributed by atoms with Gasteiger partial charge in [-0.3, -0.25) is 9.58 Å². The molecule has 124 valence electrons. The minimum Gasteiger partial charge on any atom is -0.379 e. The van der Waals surface area contributed by atoms with Crippen LogP contribution >= 0.6 is 0 Å². The molecule has 1 saturated heterocycles. The summed E-state index contributed by atoms with van der Waals surface area (Å²) in [5, 5.41) is -0.632. The summed E-state index contributed by atoms with van der Waals surface area (Å²) in [6.07, 6.45) is 2.70. The van der Waals surface area contributed by atoms with Gasteiger partial charge in [0.05, 0.1) is 23.6 Å². The monoisotopic (exact) mass is 339 g/mol. The van der Waals surface area contributed by atoms with Crippen LogP contribution in [0.25, 0.3) is 10.9 Å². The van der Waals surface area contributed by atoms with Gasteiger partial charge < -0.3 is 10.6 Å². The fourth-order valence-corrected chi connectivity index (χ4v) is 4.70. The van der Waals surface area contributed by atoms with Crippen LogP contribution in [0.5, 0.6) is 0 Å². The predicted molar refractivity (Wildman–Crippen MR) is 85.6 cm³/mol. The first-order valence-corrected chi connectivity index (χ1v) is 8.73. The van der Waals surface area contributed by atoms with E-state index < -0.39 is 21.0 Å². The third-order valence-electron chi connectivity index (χ3n) is 3.99. The molecule has 0 aliphatic carbocycles. The summed E-state index contributed by atoms with van der Waals surface area (Å²) in [6, 6.07) is 3.89. The number of benzene rings is 1. The van der Waals surface area contributed by atoms with Gasteiger partial charge in [0.1, 0.15) is 11.2 Å². The Morgan fingerprint density at radius 1 is 1.35 bits per heavy atom. The zero-order valence-electron chi connectivity index (χ0n) is 12.5. The number of ether oxygens (including phenoxy) is 1. The molecule has 2 aromatic rings. The Kier molecular flexibility index (Phi) is 4.13. The molecule has 2 heterocycles. The average molecular weight is 339 g/mol. The molecule has 1 aliphatic rings. The summed E-state index contributed by atoms with van der Waals surface area (Å²) >= 11 is 0. The van der Waals surface area contributed by atoms with Crippen molar-refractivity contribution in [3.8, 4) is 0 Å². The van der Waals surface area contributed by atoms with Gasteiger partial charge in [-0.2, -0.15) is 0 Å². The molecule has 8 heteroatoms. The molecule has 1 fully saturated rings. The third kappa shape index (κ3) is 2.73. The molecule has 0 saturated carbocycles. The van der Waals surface area contributed by atoms with Gasteiger partial charge in [0.2, 0.25) is 0 Å². The maximum atomic E-state index is 13.6. The molecule has 1 aromatic carbocycles. The highest BCUT2D eigenvalue weighted by Crippen LogP contribution is 2.29. The van der Waals surface area contributed by atoms with E-state index in [1.165, 1.54) is 35.1 Å². The van der Waals surface area contributed by atoms with Gasteiger partial charge >= 0.3 is 0 Å². The number of aromatic nitrogens is 1. The van der Waals surface area contributed by atoms with E-state index in [0.717, 1.165) is 0 Å². The Labute approximate surface area is 133 Å². The lowest BCUT2D eigenvalue weighted by Crippen LogP contribution is -2.46. The Hall–Kier alpha value is -1.90. The summed E-state index contributed by atoms with van der Waals surface area (Å²) in [7, 11) is -3.79. The quantitative estimate of drug-likeness (QED) is 0.667. The lowest BCUT2D eigenvalue weighted by atomic mass is 10.2. The molecule has 0 spiro atoms. The SMILES string of the molecule is C=CC(N1CCOCC1)S(=O)(=O)c1cn(N)c2ccc(F)cc12. The van der Waals surface area contributed by atoms with Gasteiger partial charge in [0.25, 0.3) is 0 Å². The van der Waals surface area contributed by atoms with E-state index in [2.05, 4.69) is 6.58 Å². The zero-order valence-corrected chi connectivity index (χ0v) is 13.3. The number of rotatable bonds is 4. The molecule has 0 bridgehead atoms. The Morgan fingerprint density at radius 2 is 2.04 bits per heavy atom. The van der Waals surface area contributed by atoms with E-state index in [1.807, 2.05) is 0 Å². The number of hydrogen-bond acceptors (Lipinski definition) is 5. The predicted octanol–water partition coefficient (Wildman–Crippen LogP) is 1.11. The van der Waals surface area contributed by atoms with Crippen LogP contribution in [0.3, 0.4) is 0 Å². The summed E-state index contributed by atoms with van der Waals surface area (Å²) < 4.78 is 46.1. The second-order valence-electron chi connectivity index (χ2n) is 5.38. The second kappa shape index (κ2) is 5.95. The molecular formula is C15H18FN3O3S. The summed E-state index contributed by atoms with van der Waals surface area (Å²) in [4.78, 5) is 1.79. The molecule has 1 aliphatic heterocycles. The number of nitrogen functional groups attached to an aromatic ring is 1. The smallest absolute Gasteiger partial charge is 0.200 e. The Balaban J connectivity index is 2.11. The van der Waals surface area contributed by atoms with Crippen LogP contribution in [-0.2, 0) is 14.6 Å². The summed E-state index contributed by atoms with van der Waals surface area (Å²) in [5.74, 6) is 5.30. The molecule has 3 rings (SSSR count). The second-order valence-corrected chi connectivity index (χ2v) is 7.39. The number of fused-ring (bicyclic) bond motifs is 1. The highest BCUT2D eigenvalue weighted by Gasteiger charge is 2.33. The highest BCUT2D eigenvalue weighted by atomic mass is 32.2. The normalized spacial score (nSPS) is 18.1. The van der Waals surface area contributed by atoms with Gasteiger partial charge in [0.15, 0.2) is 9.84 Å². The minimum absolute atomic E-state index is 0.00546. The van der Waals surface area contributed by atoms with E-state index in [0.29, 0.717) is 31.8 Å². The van der Waals surface area contributed by atoms with Crippen LogP contribution in [0, 0.1) is 5.82 Å². The van der Waals surface area contributed by atoms with E-state index in [-0.39, 0.29) is 10.3 Å². The standard InChI is InChI=1S/C15H18FN3O3S/c1-2-15(18-5-7-22-8-6-18)23(20,21)14-10-19(17)13-4-3-11(16)9-12(13)14/h2-4,9-10,15H,1,5-8,17H2. The molecule has 23 heavy (non-hydrogen) atoms. The fourth-order valence-electron chi connectivity index (χ4n) is 2.86. The van der Waals surface area contributed by atoms with Gasteiger partial charge in [-0.05, 0) is 18.2 Å². The summed E-state index contributed by atoms with van der Waals surface area (Å²) in [5.41, 5.74) is 0.453. The van der Waals surface area contributed by atoms with E-state index in [1.54, 1.807) is 4.90 Å². The summed E-state index contributed by atoms with van der Waals surface area (Å²) in [6.45, 7) is 5.57. The maximum absolute atomic E-state index is 13.6. The molecule has 1 unspecified atom stereocenters. The molecule has 2 N–H and O–H groups in total. The van der Waals surface area contributed by atoms with Crippen LogP contribution in [0.1, 0.15) is 0 Å². The van der Waals surface area contributed by atoms with Crippen molar-refractivity contribution in [1.29, 1.82) is 0 Å². The van der Waals surface area contributed by atoms with Crippen LogP contribution in [0.2, 0.25) is 0 Å². The van der Waals surface area contributed by atoms with Crippen molar-refractivity contribution in [2.45, 2.75) is 10.3 Å². The first-order valence-electron chi connectivity index (χ1n) is 7.19. The van der Waals surface area contributed by atoms with Gasteiger partial charge in [-0.25, -0.2) is 12.8 Å². The molecular weight excluding hydrogens is 321 g/mol. The van der Waals surface area contributed by atoms with Crippen molar-refractivity contribution in [3.63, 3.8) is 0 Å². The van der Waals surface area contributed by atoms with Crippen molar-refractivity contribution in [2.24, 2.45) is 0 Å². The van der Waals surface area contributed by atoms with Gasteiger partial charge in [0, 0.05) is 24.7 Å². The first-order chi connectivity index (χ1) is 10.9. The largest absolute Gasteiger partial charge is 0.379 e. The maximum Gasteiger partial charge on any atom is 0.200 e. The van der Waals surface area contributed by atoms with Crippen LogP contribution in [-0.4, -0.2) is 49.7 Å². The third-order valence-corrected chi connectivity index (χ3v) is 6.06. The Bertz CT molecular complexity index is 841. The number of morpholine rings is 1. The van der Waals surface area contributed by atoms with Crippen molar-refractivity contribution in [3.05, 3.63) is 42.9 Å². The lowest BCUT2D eigenvalue weighted by Gasteiger charge is -2.32. The average Bonchev–Trinajstić information content (AvgIpc) is 2.86. The van der Waals surface area contributed by atoms with E-state index >= 15 is 0 Å². The zero-order chi connectivity index (χ0) is 16.6. The number of nitrogens with two attached hydrogens (primary N) is 1. The van der Waals surface area contributed by atoms with E-state index in [9.17, 15) is 12.8 Å². The molecule has 0 radical (unpaired) electrons. The number of nitrogens with zero attached hydrogens (tertiary/aromatic N) is 2. The molecule has 1 atom stereocenters. The molecule has 1 aromatic heterocycles. The van der Waals surface area contributed by atoms with Gasteiger partial charge in [-0.1, -0.05) is 6.08 Å². The number of hydrogen-bond donors (Lipinski definition) is 1. The van der Waals surface area contributed by atoms with Crippen molar-refractivity contribution >= 4 is 20.7 Å². The van der Waals surface area contributed by atoms with Crippen molar-refractivity contribution in [1.82, 2.24) is 9.58 Å². The highest BCUT2D eigenvalue weighted by molar-refractivity contribution is 7.92. The number of halogens is 1. The van der Waals surface area contributed by atoms with Crippen LogP contribution < -0.4 is 5.84 Å². The lowest BCUT2D eigenvalue weighted by molar-refractivity contribution is 0.0374.